The smallest absolute Gasteiger partial charge is 0.321 e. The molecule has 5 heteroatoms. The monoisotopic (exact) mass is 216 g/mol. The molecule has 0 aromatic carbocycles. The van der Waals surface area contributed by atoms with E-state index in [9.17, 15) is 9.59 Å². The summed E-state index contributed by atoms with van der Waals surface area (Å²) in [6.07, 6.45) is 3.40. The van der Waals surface area contributed by atoms with Gasteiger partial charge < -0.3 is 4.90 Å². The lowest BCUT2D eigenvalue weighted by molar-refractivity contribution is -0.117. The van der Waals surface area contributed by atoms with Crippen LogP contribution in [0.1, 0.15) is 19.3 Å². The Morgan fingerprint density at radius 3 is 2.71 bits per heavy atom. The summed E-state index contributed by atoms with van der Waals surface area (Å²) in [6, 6.07) is 0.0750. The minimum Gasteiger partial charge on any atom is -0.321 e. The molecule has 1 saturated heterocycles. The molecule has 0 aromatic rings. The second-order valence-electron chi connectivity index (χ2n) is 3.97. The molecule has 2 fully saturated rings. The number of hydrogen-bond donors (Lipinski definition) is 1. The van der Waals surface area contributed by atoms with E-state index >= 15 is 0 Å². The Bertz CT molecular complexity index is 270. The molecule has 2 unspecified atom stereocenters. The zero-order valence-corrected chi connectivity index (χ0v) is 8.59. The van der Waals surface area contributed by atoms with Crippen LogP contribution in [-0.4, -0.2) is 35.3 Å². The number of nitrogens with one attached hydrogen (secondary N) is 1. The first-order valence-electron chi connectivity index (χ1n) is 4.87. The molecule has 14 heavy (non-hydrogen) atoms. The van der Waals surface area contributed by atoms with Crippen LogP contribution in [0, 0.1) is 5.92 Å². The summed E-state index contributed by atoms with van der Waals surface area (Å²) in [5.74, 6) is 0.0736. The number of carbonyl (C=O) groups is 2. The maximum Gasteiger partial charge on any atom is 0.324 e. The molecule has 4 nitrogen and oxygen atoms in total. The number of amides is 3. The van der Waals surface area contributed by atoms with Gasteiger partial charge in [0.25, 0.3) is 0 Å². The van der Waals surface area contributed by atoms with Crippen molar-refractivity contribution in [2.24, 2.45) is 5.92 Å². The number of hydrogen-bond acceptors (Lipinski definition) is 2. The number of halogens is 1. The van der Waals surface area contributed by atoms with Crippen molar-refractivity contribution in [2.45, 2.75) is 25.3 Å². The average molecular weight is 217 g/mol. The van der Waals surface area contributed by atoms with Crippen LogP contribution in [-0.2, 0) is 4.79 Å². The molecule has 1 saturated carbocycles. The van der Waals surface area contributed by atoms with Gasteiger partial charge in [0.2, 0.25) is 5.91 Å². The van der Waals surface area contributed by atoms with E-state index < -0.39 is 5.91 Å². The van der Waals surface area contributed by atoms with Gasteiger partial charge in [0, 0.05) is 12.6 Å². The highest BCUT2D eigenvalue weighted by Crippen LogP contribution is 2.37. The number of carbonyl (C=O) groups excluding carboxylic acids is 2. The van der Waals surface area contributed by atoms with Crippen LogP contribution < -0.4 is 5.32 Å². The Morgan fingerprint density at radius 1 is 1.43 bits per heavy atom. The molecule has 1 aliphatic heterocycles. The Kier molecular flexibility index (Phi) is 2.63. The Morgan fingerprint density at radius 2 is 2.21 bits per heavy atom. The number of rotatable bonds is 1. The molecular weight excluding hydrogens is 204 g/mol. The minimum atomic E-state index is -0.417. The number of imide groups is 1. The molecule has 0 radical (unpaired) electrons. The maximum absolute atomic E-state index is 11.5. The third-order valence-electron chi connectivity index (χ3n) is 3.04. The van der Waals surface area contributed by atoms with Gasteiger partial charge in [-0.15, -0.1) is 11.6 Å². The zero-order chi connectivity index (χ0) is 10.1. The van der Waals surface area contributed by atoms with Gasteiger partial charge in [0.1, 0.15) is 5.88 Å². The van der Waals surface area contributed by atoms with E-state index in [1.54, 1.807) is 4.90 Å². The number of piperidine rings is 1. The molecule has 1 N–H and O–H groups in total. The Balaban J connectivity index is 1.90. The standard InChI is InChI=1S/C9H13ClN2O2/c10-4-8(13)11-9(14)12-5-6-1-2-7(12)3-6/h6-7H,1-5H2,(H,11,13,14). The topological polar surface area (TPSA) is 49.4 Å². The summed E-state index contributed by atoms with van der Waals surface area (Å²) in [5.41, 5.74) is 0. The summed E-state index contributed by atoms with van der Waals surface area (Å²) in [7, 11) is 0. The summed E-state index contributed by atoms with van der Waals surface area (Å²) in [6.45, 7) is 0.798. The predicted molar refractivity (Wildman–Crippen MR) is 52.1 cm³/mol. The number of nitrogens with zero attached hydrogens (tertiary/aromatic N) is 1. The van der Waals surface area contributed by atoms with Crippen LogP contribution in [0.3, 0.4) is 0 Å². The van der Waals surface area contributed by atoms with Gasteiger partial charge in [0.15, 0.2) is 0 Å². The first-order valence-corrected chi connectivity index (χ1v) is 5.40. The Labute approximate surface area is 87.6 Å². The maximum atomic E-state index is 11.5. The van der Waals surface area contributed by atoms with Gasteiger partial charge in [0.05, 0.1) is 0 Å². The highest BCUT2D eigenvalue weighted by atomic mass is 35.5. The molecule has 0 spiro atoms. The first-order chi connectivity index (χ1) is 6.70. The summed E-state index contributed by atoms with van der Waals surface area (Å²) < 4.78 is 0. The lowest BCUT2D eigenvalue weighted by Crippen LogP contribution is -2.46. The lowest BCUT2D eigenvalue weighted by atomic mass is 10.1. The number of fused-ring (bicyclic) bond motifs is 2. The summed E-state index contributed by atoms with van der Waals surface area (Å²) in [4.78, 5) is 24.2. The van der Waals surface area contributed by atoms with Gasteiger partial charge >= 0.3 is 6.03 Å². The fourth-order valence-corrected chi connectivity index (χ4v) is 2.46. The van der Waals surface area contributed by atoms with Gasteiger partial charge in [-0.25, -0.2) is 4.79 Å². The zero-order valence-electron chi connectivity index (χ0n) is 7.83. The molecule has 2 rings (SSSR count). The van der Waals surface area contributed by atoms with Gasteiger partial charge in [-0.05, 0) is 25.2 Å². The predicted octanol–water partition coefficient (Wildman–Crippen LogP) is 0.946. The molecule has 78 valence electrons. The third-order valence-corrected chi connectivity index (χ3v) is 3.28. The number of likely N-dealkylation sites (tertiary alicyclic amines) is 1. The fraction of sp³-hybridized carbons (Fsp3) is 0.778. The van der Waals surface area contributed by atoms with E-state index in [0.717, 1.165) is 19.4 Å². The SMILES string of the molecule is O=C(CCl)NC(=O)N1CC2CCC1C2. The molecular formula is C9H13ClN2O2. The van der Waals surface area contributed by atoms with Crippen LogP contribution in [0.2, 0.25) is 0 Å². The quantitative estimate of drug-likeness (QED) is 0.664. The van der Waals surface area contributed by atoms with Crippen LogP contribution in [0.25, 0.3) is 0 Å². The highest BCUT2D eigenvalue weighted by molar-refractivity contribution is 6.28. The molecule has 2 atom stereocenters. The molecule has 1 heterocycles. The molecule has 2 bridgehead atoms. The van der Waals surface area contributed by atoms with Crippen molar-refractivity contribution in [1.29, 1.82) is 0 Å². The second kappa shape index (κ2) is 3.77. The second-order valence-corrected chi connectivity index (χ2v) is 4.24. The van der Waals surface area contributed by atoms with Crippen molar-refractivity contribution in [3.63, 3.8) is 0 Å². The van der Waals surface area contributed by atoms with E-state index in [1.165, 1.54) is 6.42 Å². The van der Waals surface area contributed by atoms with Crippen molar-refractivity contribution in [1.82, 2.24) is 10.2 Å². The molecule has 3 amide bonds. The van der Waals surface area contributed by atoms with Crippen LogP contribution in [0.4, 0.5) is 4.79 Å². The molecule has 2 aliphatic rings. The number of urea groups is 1. The fourth-order valence-electron chi connectivity index (χ4n) is 2.40. The Hall–Kier alpha value is -0.770. The van der Waals surface area contributed by atoms with E-state index in [-0.39, 0.29) is 11.9 Å². The van der Waals surface area contributed by atoms with E-state index in [1.807, 2.05) is 0 Å². The molecule has 1 aliphatic carbocycles. The van der Waals surface area contributed by atoms with Gasteiger partial charge in [-0.1, -0.05) is 0 Å². The van der Waals surface area contributed by atoms with Crippen molar-refractivity contribution in [3.05, 3.63) is 0 Å². The van der Waals surface area contributed by atoms with Gasteiger partial charge in [-0.3, -0.25) is 10.1 Å². The minimum absolute atomic E-state index is 0.159. The van der Waals surface area contributed by atoms with Crippen molar-refractivity contribution < 1.29 is 9.59 Å². The highest BCUT2D eigenvalue weighted by Gasteiger charge is 2.40. The largest absolute Gasteiger partial charge is 0.324 e. The summed E-state index contributed by atoms with van der Waals surface area (Å²) in [5, 5.41) is 2.27. The van der Waals surface area contributed by atoms with Crippen molar-refractivity contribution >= 4 is 23.5 Å². The first kappa shape index (κ1) is 9.77. The number of alkyl halides is 1. The molecule has 0 aromatic heterocycles. The summed E-state index contributed by atoms with van der Waals surface area (Å²) >= 11 is 5.30. The third kappa shape index (κ3) is 1.71. The van der Waals surface area contributed by atoms with Crippen molar-refractivity contribution in [3.8, 4) is 0 Å². The lowest BCUT2D eigenvalue weighted by Gasteiger charge is -2.26. The van der Waals surface area contributed by atoms with Crippen LogP contribution in [0.5, 0.6) is 0 Å². The normalized spacial score (nSPS) is 29.4. The van der Waals surface area contributed by atoms with Crippen molar-refractivity contribution in [2.75, 3.05) is 12.4 Å². The van der Waals surface area contributed by atoms with E-state index in [4.69, 9.17) is 11.6 Å². The van der Waals surface area contributed by atoms with Gasteiger partial charge in [-0.2, -0.15) is 0 Å². The average Bonchev–Trinajstić information content (AvgIpc) is 2.78. The van der Waals surface area contributed by atoms with E-state index in [0.29, 0.717) is 12.0 Å². The van der Waals surface area contributed by atoms with Crippen LogP contribution >= 0.6 is 11.6 Å². The van der Waals surface area contributed by atoms with Crippen LogP contribution in [0.15, 0.2) is 0 Å². The van der Waals surface area contributed by atoms with E-state index in [2.05, 4.69) is 5.32 Å².